The van der Waals surface area contributed by atoms with Crippen LogP contribution >= 0.6 is 11.3 Å². The Morgan fingerprint density at radius 1 is 1.21 bits per heavy atom. The number of aliphatic carboxylic acids is 1. The molecule has 0 fully saturated rings. The van der Waals surface area contributed by atoms with E-state index in [4.69, 9.17) is 5.11 Å². The summed E-state index contributed by atoms with van der Waals surface area (Å²) in [6, 6.07) is 4.20. The first-order valence-corrected chi connectivity index (χ1v) is 6.80. The quantitative estimate of drug-likeness (QED) is 0.629. The summed E-state index contributed by atoms with van der Waals surface area (Å²) < 4.78 is 0. The first-order valence-electron chi connectivity index (χ1n) is 5.98. The van der Waals surface area contributed by atoms with Crippen LogP contribution in [0, 0.1) is 6.92 Å². The predicted octanol–water partition coefficient (Wildman–Crippen LogP) is 4.60. The summed E-state index contributed by atoms with van der Waals surface area (Å²) in [5.74, 6) is -0.921. The van der Waals surface area contributed by atoms with E-state index in [-0.39, 0.29) is 0 Å². The summed E-state index contributed by atoms with van der Waals surface area (Å²) >= 11 is 1.76. The van der Waals surface area contributed by atoms with Crippen molar-refractivity contribution in [1.82, 2.24) is 0 Å². The largest absolute Gasteiger partial charge is 0.478 e. The van der Waals surface area contributed by atoms with Crippen molar-refractivity contribution in [2.75, 3.05) is 0 Å². The van der Waals surface area contributed by atoms with Crippen LogP contribution in [0.2, 0.25) is 0 Å². The van der Waals surface area contributed by atoms with Gasteiger partial charge < -0.3 is 5.11 Å². The molecule has 2 nitrogen and oxygen atoms in total. The molecule has 0 aromatic carbocycles. The van der Waals surface area contributed by atoms with Gasteiger partial charge in [0.2, 0.25) is 0 Å². The summed E-state index contributed by atoms with van der Waals surface area (Å²) in [7, 11) is 0. The molecule has 0 unspecified atom stereocenters. The van der Waals surface area contributed by atoms with Crippen LogP contribution in [0.4, 0.5) is 0 Å². The number of hydrogen-bond donors (Lipinski definition) is 1. The number of carbonyl (C=O) groups is 1. The van der Waals surface area contributed by atoms with Gasteiger partial charge >= 0.3 is 5.97 Å². The van der Waals surface area contributed by atoms with Crippen LogP contribution in [-0.2, 0) is 4.79 Å². The number of aryl methyl sites for hydroxylation is 1. The Hall–Kier alpha value is -1.87. The molecule has 0 aliphatic heterocycles. The highest BCUT2D eigenvalue weighted by atomic mass is 32.1. The highest BCUT2D eigenvalue weighted by molar-refractivity contribution is 7.12. The maximum absolute atomic E-state index is 10.4. The number of hydrogen-bond acceptors (Lipinski definition) is 2. The highest BCUT2D eigenvalue weighted by Crippen LogP contribution is 2.17. The van der Waals surface area contributed by atoms with Crippen LogP contribution in [-0.4, -0.2) is 11.1 Å². The minimum atomic E-state index is -0.921. The molecule has 0 saturated heterocycles. The maximum Gasteiger partial charge on any atom is 0.328 e. The molecule has 0 radical (unpaired) electrons. The average molecular weight is 274 g/mol. The van der Waals surface area contributed by atoms with Crippen LogP contribution in [0.15, 0.2) is 53.7 Å². The molecule has 1 rings (SSSR count). The summed E-state index contributed by atoms with van der Waals surface area (Å²) in [5, 5.41) is 8.57. The van der Waals surface area contributed by atoms with Crippen LogP contribution < -0.4 is 0 Å². The molecule has 1 aromatic rings. The lowest BCUT2D eigenvalue weighted by molar-refractivity contribution is -0.131. The predicted molar refractivity (Wildman–Crippen MR) is 82.4 cm³/mol. The average Bonchev–Trinajstić information content (AvgIpc) is 2.71. The van der Waals surface area contributed by atoms with E-state index >= 15 is 0 Å². The Balaban J connectivity index is 2.60. The second-order valence-electron chi connectivity index (χ2n) is 4.28. The molecule has 19 heavy (non-hydrogen) atoms. The van der Waals surface area contributed by atoms with Crippen molar-refractivity contribution in [1.29, 1.82) is 0 Å². The molecule has 0 saturated carbocycles. The van der Waals surface area contributed by atoms with Crippen LogP contribution in [0.5, 0.6) is 0 Å². The van der Waals surface area contributed by atoms with Crippen molar-refractivity contribution in [3.63, 3.8) is 0 Å². The second-order valence-corrected chi connectivity index (χ2v) is 5.60. The minimum Gasteiger partial charge on any atom is -0.478 e. The van der Waals surface area contributed by atoms with Gasteiger partial charge in [0.05, 0.1) is 0 Å². The third-order valence-electron chi connectivity index (χ3n) is 2.34. The summed E-state index contributed by atoms with van der Waals surface area (Å²) in [6.45, 7) is 5.86. The molecule has 0 atom stereocenters. The molecule has 0 aliphatic rings. The van der Waals surface area contributed by atoms with Gasteiger partial charge in [0, 0.05) is 15.8 Å². The molecule has 3 heteroatoms. The van der Waals surface area contributed by atoms with Gasteiger partial charge in [0.1, 0.15) is 0 Å². The summed E-state index contributed by atoms with van der Waals surface area (Å²) in [4.78, 5) is 13.0. The zero-order chi connectivity index (χ0) is 14.3. The minimum absolute atomic E-state index is 0.717. The van der Waals surface area contributed by atoms with Crippen molar-refractivity contribution in [3.8, 4) is 0 Å². The number of carboxylic acid groups (broad SMARTS) is 1. The monoisotopic (exact) mass is 274 g/mol. The zero-order valence-electron chi connectivity index (χ0n) is 11.4. The number of thiophene rings is 1. The molecule has 0 bridgehead atoms. The molecule has 1 heterocycles. The Morgan fingerprint density at radius 2 is 1.95 bits per heavy atom. The topological polar surface area (TPSA) is 37.3 Å². The van der Waals surface area contributed by atoms with Gasteiger partial charge in [-0.2, -0.15) is 0 Å². The SMILES string of the molecule is CC(/C=C/c1ccc(C)s1)=C\C=C\C(C)=C\C(=O)O. The van der Waals surface area contributed by atoms with Crippen molar-refractivity contribution in [2.24, 2.45) is 0 Å². The van der Waals surface area contributed by atoms with E-state index < -0.39 is 5.97 Å². The van der Waals surface area contributed by atoms with Gasteiger partial charge in [0.25, 0.3) is 0 Å². The zero-order valence-corrected chi connectivity index (χ0v) is 12.2. The summed E-state index contributed by atoms with van der Waals surface area (Å²) in [5.41, 5.74) is 1.83. The van der Waals surface area contributed by atoms with Gasteiger partial charge in [-0.05, 0) is 44.6 Å². The van der Waals surface area contributed by atoms with E-state index in [2.05, 4.69) is 25.1 Å². The van der Waals surface area contributed by atoms with Crippen LogP contribution in [0.1, 0.15) is 23.6 Å². The molecular weight excluding hydrogens is 256 g/mol. The molecule has 0 aliphatic carbocycles. The molecule has 1 aromatic heterocycles. The van der Waals surface area contributed by atoms with E-state index in [1.165, 1.54) is 15.8 Å². The van der Waals surface area contributed by atoms with Gasteiger partial charge in [-0.25, -0.2) is 4.79 Å². The molecule has 1 N–H and O–H groups in total. The number of carboxylic acids is 1. The van der Waals surface area contributed by atoms with E-state index in [1.807, 2.05) is 25.2 Å². The lowest BCUT2D eigenvalue weighted by atomic mass is 10.2. The molecular formula is C16H18O2S. The van der Waals surface area contributed by atoms with Crippen LogP contribution in [0.25, 0.3) is 6.08 Å². The van der Waals surface area contributed by atoms with Crippen molar-refractivity contribution < 1.29 is 9.90 Å². The fraction of sp³-hybridized carbons (Fsp3) is 0.188. The van der Waals surface area contributed by atoms with E-state index in [1.54, 1.807) is 24.3 Å². The third-order valence-corrected chi connectivity index (χ3v) is 3.31. The lowest BCUT2D eigenvalue weighted by Crippen LogP contribution is -1.87. The Labute approximate surface area is 118 Å². The van der Waals surface area contributed by atoms with Gasteiger partial charge in [-0.15, -0.1) is 11.3 Å². The normalized spacial score (nSPS) is 13.6. The highest BCUT2D eigenvalue weighted by Gasteiger charge is 1.91. The van der Waals surface area contributed by atoms with Crippen molar-refractivity contribution in [2.45, 2.75) is 20.8 Å². The first kappa shape index (κ1) is 15.2. The number of rotatable bonds is 5. The first-order chi connectivity index (χ1) is 8.97. The van der Waals surface area contributed by atoms with Crippen molar-refractivity contribution >= 4 is 23.4 Å². The van der Waals surface area contributed by atoms with E-state index in [0.29, 0.717) is 0 Å². The van der Waals surface area contributed by atoms with Gasteiger partial charge in [-0.3, -0.25) is 0 Å². The smallest absolute Gasteiger partial charge is 0.328 e. The Bertz CT molecular complexity index is 557. The van der Waals surface area contributed by atoms with Crippen LogP contribution in [0.3, 0.4) is 0 Å². The molecule has 0 spiro atoms. The summed E-state index contributed by atoms with van der Waals surface area (Å²) in [6.07, 6.45) is 10.9. The fourth-order valence-electron chi connectivity index (χ4n) is 1.41. The third kappa shape index (κ3) is 6.58. The van der Waals surface area contributed by atoms with E-state index in [0.717, 1.165) is 11.1 Å². The second kappa shape index (κ2) is 7.54. The Kier molecular flexibility index (Phi) is 6.03. The maximum atomic E-state index is 10.4. The standard InChI is InChI=1S/C16H18O2S/c1-12(5-4-6-13(2)11-16(17)18)7-9-15-10-8-14(3)19-15/h4-11H,1-3H3,(H,17,18)/b6-4+,9-7+,12-5+,13-11+. The molecule has 0 amide bonds. The van der Waals surface area contributed by atoms with E-state index in [9.17, 15) is 4.79 Å². The van der Waals surface area contributed by atoms with Gasteiger partial charge in [-0.1, -0.05) is 29.9 Å². The Morgan fingerprint density at radius 3 is 2.53 bits per heavy atom. The van der Waals surface area contributed by atoms with Gasteiger partial charge in [0.15, 0.2) is 0 Å². The van der Waals surface area contributed by atoms with Crippen molar-refractivity contribution in [3.05, 3.63) is 63.4 Å². The fourth-order valence-corrected chi connectivity index (χ4v) is 2.19. The molecule has 100 valence electrons. The number of allylic oxidation sites excluding steroid dienone is 6. The lowest BCUT2D eigenvalue weighted by Gasteiger charge is -1.90.